The Bertz CT molecular complexity index is 636. The summed E-state index contributed by atoms with van der Waals surface area (Å²) in [6, 6.07) is 6.33. The molecule has 1 N–H and O–H groups in total. The smallest absolute Gasteiger partial charge is 0.335 e. The minimum absolute atomic E-state index is 0.244. The fourth-order valence-electron chi connectivity index (χ4n) is 1.57. The van der Waals surface area contributed by atoms with Crippen molar-refractivity contribution in [3.8, 4) is 5.75 Å². The Hall–Kier alpha value is -2.50. The predicted octanol–water partition coefficient (Wildman–Crippen LogP) is 3.38. The molecule has 0 bridgehead atoms. The van der Waals surface area contributed by atoms with Crippen LogP contribution in [0.3, 0.4) is 0 Å². The maximum Gasteiger partial charge on any atom is 0.335 e. The highest BCUT2D eigenvalue weighted by atomic mass is 19.1. The molecular weight excluding hydrogens is 273 g/mol. The van der Waals surface area contributed by atoms with Gasteiger partial charge in [0, 0.05) is 0 Å². The molecule has 0 aliphatic heterocycles. The summed E-state index contributed by atoms with van der Waals surface area (Å²) in [4.78, 5) is 10.6. The van der Waals surface area contributed by atoms with Gasteiger partial charge in [0.1, 0.15) is 18.2 Å². The molecule has 0 fully saturated rings. The second-order valence-corrected chi connectivity index (χ2v) is 3.94. The molecule has 0 saturated heterocycles. The quantitative estimate of drug-likeness (QED) is 0.935. The molecule has 0 atom stereocenters. The molecule has 104 valence electrons. The summed E-state index contributed by atoms with van der Waals surface area (Å²) >= 11 is 0. The molecule has 0 amide bonds. The fourth-order valence-corrected chi connectivity index (χ4v) is 1.57. The van der Waals surface area contributed by atoms with Gasteiger partial charge in [0.05, 0.1) is 11.1 Å². The number of carboxylic acid groups (broad SMARTS) is 1. The van der Waals surface area contributed by atoms with Crippen molar-refractivity contribution in [2.75, 3.05) is 0 Å². The van der Waals surface area contributed by atoms with Gasteiger partial charge in [0.15, 0.2) is 11.6 Å². The SMILES string of the molecule is O=C(O)c1ccc(OCc2c(F)cccc2F)c(F)c1. The van der Waals surface area contributed by atoms with Crippen molar-refractivity contribution in [1.82, 2.24) is 0 Å². The van der Waals surface area contributed by atoms with E-state index in [2.05, 4.69) is 0 Å². The number of ether oxygens (including phenoxy) is 1. The highest BCUT2D eigenvalue weighted by molar-refractivity contribution is 5.87. The summed E-state index contributed by atoms with van der Waals surface area (Å²) in [5.74, 6) is -4.07. The van der Waals surface area contributed by atoms with Crippen LogP contribution in [0.1, 0.15) is 15.9 Å². The zero-order valence-electron chi connectivity index (χ0n) is 10.1. The molecule has 0 aliphatic carbocycles. The first-order valence-corrected chi connectivity index (χ1v) is 5.57. The van der Waals surface area contributed by atoms with Crippen molar-refractivity contribution in [2.24, 2.45) is 0 Å². The topological polar surface area (TPSA) is 46.5 Å². The van der Waals surface area contributed by atoms with Gasteiger partial charge in [0.2, 0.25) is 0 Å². The molecule has 2 rings (SSSR count). The van der Waals surface area contributed by atoms with Crippen LogP contribution in [0.4, 0.5) is 13.2 Å². The number of hydrogen-bond acceptors (Lipinski definition) is 2. The van der Waals surface area contributed by atoms with Crippen molar-refractivity contribution in [2.45, 2.75) is 6.61 Å². The molecule has 0 aromatic heterocycles. The monoisotopic (exact) mass is 282 g/mol. The molecular formula is C14H9F3O3. The summed E-state index contributed by atoms with van der Waals surface area (Å²) < 4.78 is 45.2. The van der Waals surface area contributed by atoms with Crippen LogP contribution in [-0.2, 0) is 6.61 Å². The van der Waals surface area contributed by atoms with Crippen LogP contribution in [0.2, 0.25) is 0 Å². The lowest BCUT2D eigenvalue weighted by molar-refractivity contribution is 0.0696. The van der Waals surface area contributed by atoms with E-state index >= 15 is 0 Å². The lowest BCUT2D eigenvalue weighted by atomic mass is 10.2. The molecule has 3 nitrogen and oxygen atoms in total. The molecule has 0 heterocycles. The average molecular weight is 282 g/mol. The zero-order valence-corrected chi connectivity index (χ0v) is 10.1. The van der Waals surface area contributed by atoms with E-state index in [4.69, 9.17) is 9.84 Å². The molecule has 20 heavy (non-hydrogen) atoms. The molecule has 0 saturated carbocycles. The number of benzene rings is 2. The number of halogens is 3. The van der Waals surface area contributed by atoms with Crippen molar-refractivity contribution in [3.05, 3.63) is 65.0 Å². The van der Waals surface area contributed by atoms with Crippen molar-refractivity contribution in [3.63, 3.8) is 0 Å². The van der Waals surface area contributed by atoms with Gasteiger partial charge in [-0.15, -0.1) is 0 Å². The van der Waals surface area contributed by atoms with E-state index in [9.17, 15) is 18.0 Å². The Morgan fingerprint density at radius 2 is 1.70 bits per heavy atom. The largest absolute Gasteiger partial charge is 0.486 e. The average Bonchev–Trinajstić information content (AvgIpc) is 2.39. The maximum atomic E-state index is 13.5. The molecule has 6 heteroatoms. The summed E-state index contributed by atoms with van der Waals surface area (Å²) in [7, 11) is 0. The van der Waals surface area contributed by atoms with E-state index in [1.165, 1.54) is 6.07 Å². The third kappa shape index (κ3) is 2.90. The van der Waals surface area contributed by atoms with Crippen molar-refractivity contribution in [1.29, 1.82) is 0 Å². The van der Waals surface area contributed by atoms with Crippen LogP contribution in [-0.4, -0.2) is 11.1 Å². The number of hydrogen-bond donors (Lipinski definition) is 1. The number of rotatable bonds is 4. The lowest BCUT2D eigenvalue weighted by Gasteiger charge is -2.09. The van der Waals surface area contributed by atoms with Gasteiger partial charge in [-0.25, -0.2) is 18.0 Å². The van der Waals surface area contributed by atoms with Crippen LogP contribution in [0.25, 0.3) is 0 Å². The standard InChI is InChI=1S/C14H9F3O3/c15-10-2-1-3-11(16)9(10)7-20-13-5-4-8(14(18)19)6-12(13)17/h1-6H,7H2,(H,18,19). The number of carboxylic acids is 1. The molecule has 0 spiro atoms. The van der Waals surface area contributed by atoms with Gasteiger partial charge in [-0.2, -0.15) is 0 Å². The van der Waals surface area contributed by atoms with E-state index < -0.39 is 30.0 Å². The molecule has 0 radical (unpaired) electrons. The highest BCUT2D eigenvalue weighted by Gasteiger charge is 2.12. The summed E-state index contributed by atoms with van der Waals surface area (Å²) in [6.45, 7) is -0.498. The molecule has 2 aromatic carbocycles. The van der Waals surface area contributed by atoms with Gasteiger partial charge < -0.3 is 9.84 Å². The van der Waals surface area contributed by atoms with Crippen LogP contribution >= 0.6 is 0 Å². The lowest BCUT2D eigenvalue weighted by Crippen LogP contribution is -2.04. The van der Waals surface area contributed by atoms with E-state index in [1.54, 1.807) is 0 Å². The summed E-state index contributed by atoms with van der Waals surface area (Å²) in [6.07, 6.45) is 0. The van der Waals surface area contributed by atoms with E-state index in [0.29, 0.717) is 0 Å². The molecule has 0 aliphatic rings. The van der Waals surface area contributed by atoms with Gasteiger partial charge in [-0.3, -0.25) is 0 Å². The van der Waals surface area contributed by atoms with Crippen LogP contribution in [0.15, 0.2) is 36.4 Å². The Kier molecular flexibility index (Phi) is 3.93. The van der Waals surface area contributed by atoms with E-state index in [0.717, 1.165) is 30.3 Å². The van der Waals surface area contributed by atoms with Crippen molar-refractivity contribution >= 4 is 5.97 Å². The second kappa shape index (κ2) is 5.64. The van der Waals surface area contributed by atoms with Crippen LogP contribution < -0.4 is 4.74 Å². The van der Waals surface area contributed by atoms with Gasteiger partial charge >= 0.3 is 5.97 Å². The van der Waals surface area contributed by atoms with Gasteiger partial charge in [0.25, 0.3) is 0 Å². The zero-order chi connectivity index (χ0) is 14.7. The first-order chi connectivity index (χ1) is 9.49. The normalized spacial score (nSPS) is 10.3. The number of carbonyl (C=O) groups is 1. The third-order valence-electron chi connectivity index (χ3n) is 2.61. The maximum absolute atomic E-state index is 13.5. The first kappa shape index (κ1) is 13.9. The van der Waals surface area contributed by atoms with Crippen molar-refractivity contribution < 1.29 is 27.8 Å². The highest BCUT2D eigenvalue weighted by Crippen LogP contribution is 2.21. The van der Waals surface area contributed by atoms with E-state index in [-0.39, 0.29) is 16.9 Å². The first-order valence-electron chi connectivity index (χ1n) is 5.57. The minimum atomic E-state index is -1.28. The second-order valence-electron chi connectivity index (χ2n) is 3.94. The molecule has 2 aromatic rings. The van der Waals surface area contributed by atoms with Crippen LogP contribution in [0, 0.1) is 17.5 Å². The fraction of sp³-hybridized carbons (Fsp3) is 0.0714. The van der Waals surface area contributed by atoms with Gasteiger partial charge in [-0.05, 0) is 30.3 Å². The Balaban J connectivity index is 2.17. The van der Waals surface area contributed by atoms with Gasteiger partial charge in [-0.1, -0.05) is 6.07 Å². The summed E-state index contributed by atoms with van der Waals surface area (Å²) in [5, 5.41) is 8.67. The molecule has 0 unspecified atom stereocenters. The Labute approximate surface area is 112 Å². The van der Waals surface area contributed by atoms with E-state index in [1.807, 2.05) is 0 Å². The Morgan fingerprint density at radius 3 is 2.25 bits per heavy atom. The summed E-state index contributed by atoms with van der Waals surface area (Å²) in [5.41, 5.74) is -0.568. The number of aromatic carboxylic acids is 1. The minimum Gasteiger partial charge on any atom is -0.486 e. The predicted molar refractivity (Wildman–Crippen MR) is 64.0 cm³/mol. The third-order valence-corrected chi connectivity index (χ3v) is 2.61. The Morgan fingerprint density at radius 1 is 1.05 bits per heavy atom. The van der Waals surface area contributed by atoms with Crippen LogP contribution in [0.5, 0.6) is 5.75 Å².